The SMILES string of the molecule is Cc1ccc([C@@H](C)NC(=O)C2(c3ccccc3)CCCC2)cc1. The van der Waals surface area contributed by atoms with E-state index in [4.69, 9.17) is 0 Å². The second kappa shape index (κ2) is 6.57. The minimum Gasteiger partial charge on any atom is -0.349 e. The number of aryl methyl sites for hydroxylation is 1. The zero-order chi connectivity index (χ0) is 16.3. The molecule has 0 bridgehead atoms. The van der Waals surface area contributed by atoms with Gasteiger partial charge in [-0.25, -0.2) is 0 Å². The van der Waals surface area contributed by atoms with Crippen LogP contribution in [0.2, 0.25) is 0 Å². The molecule has 0 unspecified atom stereocenters. The molecule has 0 radical (unpaired) electrons. The van der Waals surface area contributed by atoms with Crippen LogP contribution in [0.15, 0.2) is 54.6 Å². The quantitative estimate of drug-likeness (QED) is 0.872. The molecule has 1 saturated carbocycles. The highest BCUT2D eigenvalue weighted by Crippen LogP contribution is 2.41. The van der Waals surface area contributed by atoms with Crippen LogP contribution in [0, 0.1) is 6.92 Å². The summed E-state index contributed by atoms with van der Waals surface area (Å²) in [6.07, 6.45) is 4.15. The topological polar surface area (TPSA) is 29.1 Å². The first-order chi connectivity index (χ1) is 11.1. The van der Waals surface area contributed by atoms with Crippen molar-refractivity contribution in [3.05, 3.63) is 71.3 Å². The predicted molar refractivity (Wildman–Crippen MR) is 94.3 cm³/mol. The first-order valence-electron chi connectivity index (χ1n) is 8.55. The summed E-state index contributed by atoms with van der Waals surface area (Å²) in [5, 5.41) is 3.26. The van der Waals surface area contributed by atoms with Crippen LogP contribution in [0.4, 0.5) is 0 Å². The van der Waals surface area contributed by atoms with Gasteiger partial charge in [-0.3, -0.25) is 4.79 Å². The van der Waals surface area contributed by atoms with E-state index in [0.29, 0.717) is 0 Å². The molecule has 0 aromatic heterocycles. The van der Waals surface area contributed by atoms with Gasteiger partial charge in [-0.05, 0) is 37.8 Å². The average Bonchev–Trinajstić information content (AvgIpc) is 3.07. The van der Waals surface area contributed by atoms with Crippen LogP contribution in [0.3, 0.4) is 0 Å². The molecule has 1 fully saturated rings. The van der Waals surface area contributed by atoms with Gasteiger partial charge in [0.05, 0.1) is 11.5 Å². The standard InChI is InChI=1S/C21H25NO/c1-16-10-12-18(13-11-16)17(2)22-20(23)21(14-6-7-15-21)19-8-4-3-5-9-19/h3-5,8-13,17H,6-7,14-15H2,1-2H3,(H,22,23)/t17-/m1/s1. The van der Waals surface area contributed by atoms with Crippen LogP contribution in [-0.2, 0) is 10.2 Å². The van der Waals surface area contributed by atoms with Gasteiger partial charge in [-0.2, -0.15) is 0 Å². The fraction of sp³-hybridized carbons (Fsp3) is 0.381. The molecule has 2 aromatic carbocycles. The van der Waals surface area contributed by atoms with Gasteiger partial charge in [-0.15, -0.1) is 0 Å². The summed E-state index contributed by atoms with van der Waals surface area (Å²) in [6.45, 7) is 4.15. The van der Waals surface area contributed by atoms with E-state index in [9.17, 15) is 4.79 Å². The normalized spacial score (nSPS) is 17.7. The maximum absolute atomic E-state index is 13.1. The predicted octanol–water partition coefficient (Wildman–Crippen LogP) is 4.68. The smallest absolute Gasteiger partial charge is 0.231 e. The van der Waals surface area contributed by atoms with Gasteiger partial charge in [0.15, 0.2) is 0 Å². The molecule has 1 aliphatic rings. The molecular formula is C21H25NO. The zero-order valence-corrected chi connectivity index (χ0v) is 14.0. The Balaban J connectivity index is 1.81. The first-order valence-corrected chi connectivity index (χ1v) is 8.55. The van der Waals surface area contributed by atoms with Crippen LogP contribution in [0.5, 0.6) is 0 Å². The maximum Gasteiger partial charge on any atom is 0.231 e. The van der Waals surface area contributed by atoms with E-state index in [2.05, 4.69) is 55.6 Å². The lowest BCUT2D eigenvalue weighted by Crippen LogP contribution is -2.43. The molecule has 3 rings (SSSR count). The number of benzene rings is 2. The molecule has 2 nitrogen and oxygen atoms in total. The molecule has 1 aliphatic carbocycles. The van der Waals surface area contributed by atoms with E-state index in [1.807, 2.05) is 18.2 Å². The summed E-state index contributed by atoms with van der Waals surface area (Å²) in [5.41, 5.74) is 3.21. The number of carbonyl (C=O) groups excluding carboxylic acids is 1. The van der Waals surface area contributed by atoms with Gasteiger partial charge < -0.3 is 5.32 Å². The number of hydrogen-bond donors (Lipinski definition) is 1. The van der Waals surface area contributed by atoms with Gasteiger partial charge >= 0.3 is 0 Å². The number of hydrogen-bond acceptors (Lipinski definition) is 1. The lowest BCUT2D eigenvalue weighted by Gasteiger charge is -2.30. The Morgan fingerprint density at radius 1 is 1.00 bits per heavy atom. The molecule has 0 heterocycles. The third-order valence-electron chi connectivity index (χ3n) is 5.14. The molecule has 120 valence electrons. The Bertz CT molecular complexity index is 654. The third kappa shape index (κ3) is 3.17. The van der Waals surface area contributed by atoms with Crippen molar-refractivity contribution in [3.8, 4) is 0 Å². The molecule has 23 heavy (non-hydrogen) atoms. The number of nitrogens with one attached hydrogen (secondary N) is 1. The van der Waals surface area contributed by atoms with Crippen molar-refractivity contribution < 1.29 is 4.79 Å². The highest BCUT2D eigenvalue weighted by atomic mass is 16.2. The van der Waals surface area contributed by atoms with Crippen molar-refractivity contribution in [1.29, 1.82) is 0 Å². The molecule has 0 spiro atoms. The highest BCUT2D eigenvalue weighted by molar-refractivity contribution is 5.88. The Labute approximate surface area is 138 Å². The van der Waals surface area contributed by atoms with Gasteiger partial charge in [0.1, 0.15) is 0 Å². The second-order valence-corrected chi connectivity index (χ2v) is 6.76. The molecule has 0 saturated heterocycles. The summed E-state index contributed by atoms with van der Waals surface area (Å²) in [6, 6.07) is 18.7. The van der Waals surface area contributed by atoms with Gasteiger partial charge in [0, 0.05) is 0 Å². The lowest BCUT2D eigenvalue weighted by molar-refractivity contribution is -0.127. The van der Waals surface area contributed by atoms with Crippen molar-refractivity contribution in [2.75, 3.05) is 0 Å². The van der Waals surface area contributed by atoms with Crippen molar-refractivity contribution in [2.45, 2.75) is 51.0 Å². The Morgan fingerprint density at radius 3 is 2.22 bits per heavy atom. The fourth-order valence-electron chi connectivity index (χ4n) is 3.66. The van der Waals surface area contributed by atoms with Crippen LogP contribution in [0.1, 0.15) is 55.3 Å². The minimum absolute atomic E-state index is 0.0317. The van der Waals surface area contributed by atoms with Crippen LogP contribution in [-0.4, -0.2) is 5.91 Å². The van der Waals surface area contributed by atoms with E-state index in [0.717, 1.165) is 36.8 Å². The van der Waals surface area contributed by atoms with E-state index in [-0.39, 0.29) is 17.4 Å². The fourth-order valence-corrected chi connectivity index (χ4v) is 3.66. The summed E-state index contributed by atoms with van der Waals surface area (Å²) in [5.74, 6) is 0.175. The van der Waals surface area contributed by atoms with Crippen LogP contribution >= 0.6 is 0 Å². The van der Waals surface area contributed by atoms with E-state index >= 15 is 0 Å². The molecule has 0 aliphatic heterocycles. The molecule has 1 N–H and O–H groups in total. The Kier molecular flexibility index (Phi) is 4.51. The second-order valence-electron chi connectivity index (χ2n) is 6.76. The number of carbonyl (C=O) groups is 1. The van der Waals surface area contributed by atoms with Gasteiger partial charge in [0.2, 0.25) is 5.91 Å². The van der Waals surface area contributed by atoms with E-state index in [1.165, 1.54) is 5.56 Å². The first kappa shape index (κ1) is 15.8. The largest absolute Gasteiger partial charge is 0.349 e. The van der Waals surface area contributed by atoms with Gasteiger partial charge in [-0.1, -0.05) is 73.0 Å². The van der Waals surface area contributed by atoms with Crippen molar-refractivity contribution >= 4 is 5.91 Å². The van der Waals surface area contributed by atoms with Crippen LogP contribution < -0.4 is 5.32 Å². The van der Waals surface area contributed by atoms with Crippen molar-refractivity contribution in [1.82, 2.24) is 5.32 Å². The summed E-state index contributed by atoms with van der Waals surface area (Å²) < 4.78 is 0. The number of amides is 1. The zero-order valence-electron chi connectivity index (χ0n) is 14.0. The Hall–Kier alpha value is -2.09. The monoisotopic (exact) mass is 307 g/mol. The number of rotatable bonds is 4. The van der Waals surface area contributed by atoms with E-state index < -0.39 is 0 Å². The van der Waals surface area contributed by atoms with Crippen LogP contribution in [0.25, 0.3) is 0 Å². The van der Waals surface area contributed by atoms with E-state index in [1.54, 1.807) is 0 Å². The highest BCUT2D eigenvalue weighted by Gasteiger charge is 2.42. The molecule has 1 amide bonds. The third-order valence-corrected chi connectivity index (χ3v) is 5.14. The molecule has 1 atom stereocenters. The lowest BCUT2D eigenvalue weighted by atomic mass is 9.77. The maximum atomic E-state index is 13.1. The Morgan fingerprint density at radius 2 is 1.61 bits per heavy atom. The van der Waals surface area contributed by atoms with Gasteiger partial charge in [0.25, 0.3) is 0 Å². The molecule has 2 aromatic rings. The van der Waals surface area contributed by atoms with Crippen molar-refractivity contribution in [3.63, 3.8) is 0 Å². The molecular weight excluding hydrogens is 282 g/mol. The average molecular weight is 307 g/mol. The summed E-state index contributed by atoms with van der Waals surface area (Å²) >= 11 is 0. The summed E-state index contributed by atoms with van der Waals surface area (Å²) in [7, 11) is 0. The minimum atomic E-state index is -0.347. The summed E-state index contributed by atoms with van der Waals surface area (Å²) in [4.78, 5) is 13.1. The van der Waals surface area contributed by atoms with Crippen molar-refractivity contribution in [2.24, 2.45) is 0 Å². The molecule has 2 heteroatoms.